The molecule has 0 saturated carbocycles. The molecule has 0 fully saturated rings. The summed E-state index contributed by atoms with van der Waals surface area (Å²) in [4.78, 5) is 16.3. The van der Waals surface area contributed by atoms with Crippen molar-refractivity contribution >= 4 is 17.0 Å². The summed E-state index contributed by atoms with van der Waals surface area (Å²) in [5, 5.41) is 9.57. The molecule has 1 atom stereocenters. The van der Waals surface area contributed by atoms with E-state index in [-0.39, 0.29) is 5.92 Å². The smallest absolute Gasteiger partial charge is 0.327 e. The molecule has 2 aromatic rings. The summed E-state index contributed by atoms with van der Waals surface area (Å²) in [6, 6.07) is 3.52. The molecule has 2 rings (SSSR count). The average Bonchev–Trinajstić information content (AvgIpc) is 2.67. The highest BCUT2D eigenvalue weighted by molar-refractivity contribution is 5.82. The lowest BCUT2D eigenvalue weighted by Gasteiger charge is -2.21. The molecule has 0 spiro atoms. The largest absolute Gasteiger partial charge is 0.480 e. The molecule has 0 aliphatic heterocycles. The Morgan fingerprint density at radius 3 is 2.40 bits per heavy atom. The van der Waals surface area contributed by atoms with Crippen molar-refractivity contribution in [1.29, 1.82) is 0 Å². The second-order valence-corrected chi connectivity index (χ2v) is 5.70. The van der Waals surface area contributed by atoms with E-state index < -0.39 is 12.0 Å². The quantitative estimate of drug-likeness (QED) is 0.928. The zero-order valence-corrected chi connectivity index (χ0v) is 12.8. The van der Waals surface area contributed by atoms with E-state index in [1.54, 1.807) is 0 Å². The molecular formula is C16H22N2O2. The van der Waals surface area contributed by atoms with E-state index in [0.29, 0.717) is 0 Å². The predicted octanol–water partition coefficient (Wildman–Crippen LogP) is 3.50. The summed E-state index contributed by atoms with van der Waals surface area (Å²) in [5.41, 5.74) is 4.15. The Hall–Kier alpha value is -1.84. The molecule has 108 valence electrons. The van der Waals surface area contributed by atoms with E-state index in [1.165, 1.54) is 5.56 Å². The highest BCUT2D eigenvalue weighted by Gasteiger charge is 2.27. The molecule has 1 aromatic carbocycles. The minimum Gasteiger partial charge on any atom is -0.480 e. The predicted molar refractivity (Wildman–Crippen MR) is 80.1 cm³/mol. The Morgan fingerprint density at radius 2 is 1.90 bits per heavy atom. The highest BCUT2D eigenvalue weighted by Crippen LogP contribution is 2.28. The van der Waals surface area contributed by atoms with Gasteiger partial charge in [-0.25, -0.2) is 9.78 Å². The Labute approximate surface area is 119 Å². The van der Waals surface area contributed by atoms with Gasteiger partial charge in [-0.15, -0.1) is 0 Å². The van der Waals surface area contributed by atoms with Crippen molar-refractivity contribution in [2.75, 3.05) is 0 Å². The van der Waals surface area contributed by atoms with Gasteiger partial charge in [0.25, 0.3) is 0 Å². The van der Waals surface area contributed by atoms with Gasteiger partial charge in [-0.2, -0.15) is 0 Å². The standard InChI is InChI=1S/C16H22N2O2/c1-6-14-17-12-7-10(4)11(5)8-13(12)18(14)15(9(2)3)16(19)20/h7-9,15H,6H2,1-5H3,(H,19,20). The number of carboxylic acid groups (broad SMARTS) is 1. The summed E-state index contributed by atoms with van der Waals surface area (Å²) >= 11 is 0. The van der Waals surface area contributed by atoms with E-state index >= 15 is 0 Å². The van der Waals surface area contributed by atoms with E-state index in [4.69, 9.17) is 0 Å². The molecule has 1 N–H and O–H groups in total. The maximum absolute atomic E-state index is 11.7. The first-order chi connectivity index (χ1) is 9.36. The van der Waals surface area contributed by atoms with Crippen LogP contribution in [0.25, 0.3) is 11.0 Å². The molecule has 20 heavy (non-hydrogen) atoms. The fourth-order valence-electron chi connectivity index (χ4n) is 2.65. The molecule has 0 aliphatic carbocycles. The number of carbonyl (C=O) groups is 1. The number of carboxylic acids is 1. The fraction of sp³-hybridized carbons (Fsp3) is 0.500. The van der Waals surface area contributed by atoms with E-state index in [0.717, 1.165) is 28.8 Å². The number of benzene rings is 1. The number of aliphatic carboxylic acids is 1. The topological polar surface area (TPSA) is 55.1 Å². The first-order valence-electron chi connectivity index (χ1n) is 7.07. The van der Waals surface area contributed by atoms with Gasteiger partial charge in [-0.1, -0.05) is 20.8 Å². The van der Waals surface area contributed by atoms with Gasteiger partial charge in [0.05, 0.1) is 11.0 Å². The van der Waals surface area contributed by atoms with Gasteiger partial charge in [0, 0.05) is 6.42 Å². The van der Waals surface area contributed by atoms with Crippen LogP contribution in [-0.4, -0.2) is 20.6 Å². The Balaban J connectivity index is 2.78. The summed E-state index contributed by atoms with van der Waals surface area (Å²) in [6.45, 7) is 9.98. The van der Waals surface area contributed by atoms with Crippen molar-refractivity contribution in [3.05, 3.63) is 29.1 Å². The van der Waals surface area contributed by atoms with Crippen LogP contribution in [-0.2, 0) is 11.2 Å². The zero-order valence-electron chi connectivity index (χ0n) is 12.8. The van der Waals surface area contributed by atoms with Crippen LogP contribution in [0.5, 0.6) is 0 Å². The molecule has 1 unspecified atom stereocenters. The van der Waals surface area contributed by atoms with E-state index in [2.05, 4.69) is 18.0 Å². The second kappa shape index (κ2) is 5.27. The molecule has 0 saturated heterocycles. The van der Waals surface area contributed by atoms with Crippen LogP contribution in [0, 0.1) is 19.8 Å². The Kier molecular flexibility index (Phi) is 3.84. The summed E-state index contributed by atoms with van der Waals surface area (Å²) in [7, 11) is 0. The maximum atomic E-state index is 11.7. The van der Waals surface area contributed by atoms with Gasteiger partial charge in [-0.05, 0) is 43.0 Å². The first-order valence-corrected chi connectivity index (χ1v) is 7.07. The summed E-state index contributed by atoms with van der Waals surface area (Å²) in [6.07, 6.45) is 0.725. The summed E-state index contributed by atoms with van der Waals surface area (Å²) in [5.74, 6) is 0.0511. The lowest BCUT2D eigenvalue weighted by Crippen LogP contribution is -2.25. The number of imidazole rings is 1. The summed E-state index contributed by atoms with van der Waals surface area (Å²) < 4.78 is 1.90. The van der Waals surface area contributed by atoms with Crippen LogP contribution < -0.4 is 0 Å². The van der Waals surface area contributed by atoms with E-state index in [9.17, 15) is 9.90 Å². The molecule has 1 aromatic heterocycles. The molecule has 4 nitrogen and oxygen atoms in total. The number of hydrogen-bond donors (Lipinski definition) is 1. The van der Waals surface area contributed by atoms with Gasteiger partial charge >= 0.3 is 5.97 Å². The number of rotatable bonds is 4. The van der Waals surface area contributed by atoms with Crippen LogP contribution in [0.1, 0.15) is 43.8 Å². The van der Waals surface area contributed by atoms with Crippen LogP contribution in [0.3, 0.4) is 0 Å². The lowest BCUT2D eigenvalue weighted by molar-refractivity contribution is -0.142. The van der Waals surface area contributed by atoms with E-state index in [1.807, 2.05) is 38.3 Å². The Bertz CT molecular complexity index is 656. The fourth-order valence-corrected chi connectivity index (χ4v) is 2.65. The second-order valence-electron chi connectivity index (χ2n) is 5.70. The molecule has 0 bridgehead atoms. The van der Waals surface area contributed by atoms with Crippen molar-refractivity contribution in [2.45, 2.75) is 47.1 Å². The van der Waals surface area contributed by atoms with Crippen molar-refractivity contribution in [1.82, 2.24) is 9.55 Å². The normalized spacial score (nSPS) is 13.1. The van der Waals surface area contributed by atoms with Crippen molar-refractivity contribution in [3.63, 3.8) is 0 Å². The molecule has 1 heterocycles. The molecule has 4 heteroatoms. The number of fused-ring (bicyclic) bond motifs is 1. The third kappa shape index (κ3) is 2.30. The molecule has 0 aliphatic rings. The van der Waals surface area contributed by atoms with Crippen molar-refractivity contribution in [3.8, 4) is 0 Å². The van der Waals surface area contributed by atoms with Crippen LogP contribution in [0.2, 0.25) is 0 Å². The minimum atomic E-state index is -0.799. The minimum absolute atomic E-state index is 0.0109. The number of nitrogens with zero attached hydrogens (tertiary/aromatic N) is 2. The van der Waals surface area contributed by atoms with Gasteiger partial charge in [0.2, 0.25) is 0 Å². The lowest BCUT2D eigenvalue weighted by atomic mass is 10.0. The van der Waals surface area contributed by atoms with Crippen molar-refractivity contribution < 1.29 is 9.90 Å². The number of aromatic nitrogens is 2. The molecule has 0 amide bonds. The van der Waals surface area contributed by atoms with Gasteiger partial charge < -0.3 is 9.67 Å². The van der Waals surface area contributed by atoms with Crippen LogP contribution in [0.15, 0.2) is 12.1 Å². The van der Waals surface area contributed by atoms with Gasteiger partial charge in [0.1, 0.15) is 11.9 Å². The van der Waals surface area contributed by atoms with Gasteiger partial charge in [0.15, 0.2) is 0 Å². The Morgan fingerprint density at radius 1 is 1.30 bits per heavy atom. The van der Waals surface area contributed by atoms with Crippen LogP contribution >= 0.6 is 0 Å². The third-order valence-electron chi connectivity index (χ3n) is 3.86. The third-order valence-corrected chi connectivity index (χ3v) is 3.86. The molecule has 0 radical (unpaired) electrons. The van der Waals surface area contributed by atoms with Crippen molar-refractivity contribution in [2.24, 2.45) is 5.92 Å². The SMILES string of the molecule is CCc1nc2cc(C)c(C)cc2n1C(C(=O)O)C(C)C. The monoisotopic (exact) mass is 274 g/mol. The maximum Gasteiger partial charge on any atom is 0.327 e. The number of hydrogen-bond acceptors (Lipinski definition) is 2. The molecular weight excluding hydrogens is 252 g/mol. The highest BCUT2D eigenvalue weighted by atomic mass is 16.4. The number of aryl methyl sites for hydroxylation is 3. The first kappa shape index (κ1) is 14.6. The van der Waals surface area contributed by atoms with Crippen LogP contribution in [0.4, 0.5) is 0 Å². The average molecular weight is 274 g/mol. The zero-order chi connectivity index (χ0) is 15.0. The van der Waals surface area contributed by atoms with Gasteiger partial charge in [-0.3, -0.25) is 0 Å².